The molecule has 1 heterocycles. The minimum absolute atomic E-state index is 0.226. The van der Waals surface area contributed by atoms with Crippen LogP contribution >= 0.6 is 15.9 Å². The fourth-order valence-electron chi connectivity index (χ4n) is 0.823. The second-order valence-corrected chi connectivity index (χ2v) is 3.20. The predicted octanol–water partition coefficient (Wildman–Crippen LogP) is 1.76. The Morgan fingerprint density at radius 3 is 2.92 bits per heavy atom. The molecular weight excluding hydrogens is 218 g/mol. The Labute approximate surface area is 79.3 Å². The van der Waals surface area contributed by atoms with E-state index in [1.807, 2.05) is 18.2 Å². The lowest BCUT2D eigenvalue weighted by Gasteiger charge is -2.05. The molecule has 1 aromatic rings. The highest BCUT2D eigenvalue weighted by Gasteiger charge is 2.04. The standard InChI is InChI=1S/C8H8BrN3/c9-8-2-1-6(5-12-8)7(11)3-4-10/h1-2,5,7H,3,11H2/t7-/m0/s1. The first-order valence-electron chi connectivity index (χ1n) is 3.48. The van der Waals surface area contributed by atoms with Crippen LogP contribution in [0.15, 0.2) is 22.9 Å². The van der Waals surface area contributed by atoms with Crippen LogP contribution in [0.25, 0.3) is 0 Å². The van der Waals surface area contributed by atoms with Gasteiger partial charge in [0, 0.05) is 12.2 Å². The zero-order valence-corrected chi connectivity index (χ0v) is 7.95. The van der Waals surface area contributed by atoms with E-state index in [0.29, 0.717) is 6.42 Å². The van der Waals surface area contributed by atoms with Crippen molar-refractivity contribution in [1.82, 2.24) is 4.98 Å². The second kappa shape index (κ2) is 4.19. The fourth-order valence-corrected chi connectivity index (χ4v) is 1.06. The molecule has 3 nitrogen and oxygen atoms in total. The van der Waals surface area contributed by atoms with Gasteiger partial charge >= 0.3 is 0 Å². The van der Waals surface area contributed by atoms with E-state index in [-0.39, 0.29) is 6.04 Å². The van der Waals surface area contributed by atoms with Gasteiger partial charge in [0.15, 0.2) is 0 Å². The van der Waals surface area contributed by atoms with E-state index in [4.69, 9.17) is 11.0 Å². The highest BCUT2D eigenvalue weighted by atomic mass is 79.9. The van der Waals surface area contributed by atoms with E-state index in [9.17, 15) is 0 Å². The van der Waals surface area contributed by atoms with Crippen LogP contribution in [0.4, 0.5) is 0 Å². The van der Waals surface area contributed by atoms with Crippen molar-refractivity contribution >= 4 is 15.9 Å². The Morgan fingerprint density at radius 1 is 1.67 bits per heavy atom. The van der Waals surface area contributed by atoms with Crippen LogP contribution in [-0.2, 0) is 0 Å². The molecule has 0 radical (unpaired) electrons. The number of nitriles is 1. The summed E-state index contributed by atoms with van der Waals surface area (Å²) in [5.74, 6) is 0. The molecule has 0 saturated heterocycles. The first-order chi connectivity index (χ1) is 5.74. The first-order valence-corrected chi connectivity index (χ1v) is 4.27. The van der Waals surface area contributed by atoms with Crippen molar-refractivity contribution in [2.75, 3.05) is 0 Å². The van der Waals surface area contributed by atoms with E-state index in [0.717, 1.165) is 10.2 Å². The van der Waals surface area contributed by atoms with Crippen molar-refractivity contribution in [3.8, 4) is 6.07 Å². The maximum Gasteiger partial charge on any atom is 0.106 e. The lowest BCUT2D eigenvalue weighted by Crippen LogP contribution is -2.09. The minimum Gasteiger partial charge on any atom is -0.323 e. The van der Waals surface area contributed by atoms with Crippen LogP contribution in [0, 0.1) is 11.3 Å². The Kier molecular flexibility index (Phi) is 3.20. The molecule has 0 aromatic carbocycles. The van der Waals surface area contributed by atoms with Crippen molar-refractivity contribution in [3.63, 3.8) is 0 Å². The van der Waals surface area contributed by atoms with Gasteiger partial charge in [0.1, 0.15) is 4.60 Å². The highest BCUT2D eigenvalue weighted by Crippen LogP contribution is 2.14. The van der Waals surface area contributed by atoms with E-state index >= 15 is 0 Å². The van der Waals surface area contributed by atoms with E-state index in [1.165, 1.54) is 0 Å². The van der Waals surface area contributed by atoms with Gasteiger partial charge in [0.2, 0.25) is 0 Å². The quantitative estimate of drug-likeness (QED) is 0.781. The molecule has 4 heteroatoms. The Hall–Kier alpha value is -0.920. The van der Waals surface area contributed by atoms with Gasteiger partial charge in [0.05, 0.1) is 12.5 Å². The van der Waals surface area contributed by atoms with Crippen molar-refractivity contribution in [2.45, 2.75) is 12.5 Å². The first kappa shape index (κ1) is 9.17. The predicted molar refractivity (Wildman–Crippen MR) is 49.1 cm³/mol. The van der Waals surface area contributed by atoms with Gasteiger partial charge in [-0.05, 0) is 27.6 Å². The number of nitrogens with two attached hydrogens (primary N) is 1. The summed E-state index contributed by atoms with van der Waals surface area (Å²) < 4.78 is 0.774. The molecule has 2 N–H and O–H groups in total. The topological polar surface area (TPSA) is 62.7 Å². The van der Waals surface area contributed by atoms with Crippen LogP contribution in [0.3, 0.4) is 0 Å². The summed E-state index contributed by atoms with van der Waals surface area (Å²) >= 11 is 3.22. The Balaban J connectivity index is 2.76. The average Bonchev–Trinajstić information content (AvgIpc) is 2.06. The van der Waals surface area contributed by atoms with Gasteiger partial charge in [-0.25, -0.2) is 4.98 Å². The second-order valence-electron chi connectivity index (χ2n) is 2.38. The molecule has 0 fully saturated rings. The number of nitrogens with zero attached hydrogens (tertiary/aromatic N) is 2. The Bertz CT molecular complexity index is 288. The van der Waals surface area contributed by atoms with E-state index < -0.39 is 0 Å². The minimum atomic E-state index is -0.226. The van der Waals surface area contributed by atoms with Gasteiger partial charge < -0.3 is 5.73 Å². The van der Waals surface area contributed by atoms with E-state index in [2.05, 4.69) is 20.9 Å². The van der Waals surface area contributed by atoms with Crippen LogP contribution < -0.4 is 5.73 Å². The summed E-state index contributed by atoms with van der Waals surface area (Å²) in [5.41, 5.74) is 6.57. The third-order valence-electron chi connectivity index (χ3n) is 1.49. The fraction of sp³-hybridized carbons (Fsp3) is 0.250. The molecular formula is C8H8BrN3. The average molecular weight is 226 g/mol. The van der Waals surface area contributed by atoms with Gasteiger partial charge in [-0.15, -0.1) is 0 Å². The van der Waals surface area contributed by atoms with Gasteiger partial charge in [-0.2, -0.15) is 5.26 Å². The summed E-state index contributed by atoms with van der Waals surface area (Å²) in [6.07, 6.45) is 2.00. The largest absolute Gasteiger partial charge is 0.323 e. The van der Waals surface area contributed by atoms with Gasteiger partial charge in [-0.1, -0.05) is 6.07 Å². The van der Waals surface area contributed by atoms with Crippen LogP contribution in [0.2, 0.25) is 0 Å². The molecule has 12 heavy (non-hydrogen) atoms. The maximum atomic E-state index is 8.39. The summed E-state index contributed by atoms with van der Waals surface area (Å²) in [6.45, 7) is 0. The van der Waals surface area contributed by atoms with Crippen molar-refractivity contribution in [2.24, 2.45) is 5.73 Å². The number of halogens is 1. The summed E-state index contributed by atoms with van der Waals surface area (Å²) in [7, 11) is 0. The number of aromatic nitrogens is 1. The molecule has 0 unspecified atom stereocenters. The molecule has 62 valence electrons. The van der Waals surface area contributed by atoms with Gasteiger partial charge in [0.25, 0.3) is 0 Å². The molecule has 1 rings (SSSR count). The highest BCUT2D eigenvalue weighted by molar-refractivity contribution is 9.10. The third-order valence-corrected chi connectivity index (χ3v) is 1.96. The molecule has 0 aliphatic rings. The lowest BCUT2D eigenvalue weighted by molar-refractivity contribution is 0.743. The number of rotatable bonds is 2. The molecule has 0 bridgehead atoms. The summed E-state index contributed by atoms with van der Waals surface area (Å²) in [4.78, 5) is 4.01. The van der Waals surface area contributed by atoms with E-state index in [1.54, 1.807) is 6.20 Å². The van der Waals surface area contributed by atoms with Crippen LogP contribution in [-0.4, -0.2) is 4.98 Å². The van der Waals surface area contributed by atoms with Gasteiger partial charge in [-0.3, -0.25) is 0 Å². The molecule has 1 aromatic heterocycles. The summed E-state index contributed by atoms with van der Waals surface area (Å²) in [5, 5.41) is 8.39. The Morgan fingerprint density at radius 2 is 2.42 bits per heavy atom. The molecule has 0 spiro atoms. The summed E-state index contributed by atoms with van der Waals surface area (Å²) in [6, 6.07) is 5.46. The van der Waals surface area contributed by atoms with Crippen molar-refractivity contribution in [3.05, 3.63) is 28.5 Å². The lowest BCUT2D eigenvalue weighted by atomic mass is 10.1. The zero-order chi connectivity index (χ0) is 8.97. The molecule has 0 aliphatic carbocycles. The third kappa shape index (κ3) is 2.29. The normalized spacial score (nSPS) is 12.1. The molecule has 1 atom stereocenters. The molecule has 0 saturated carbocycles. The number of hydrogen-bond acceptors (Lipinski definition) is 3. The maximum absolute atomic E-state index is 8.39. The smallest absolute Gasteiger partial charge is 0.106 e. The number of hydrogen-bond donors (Lipinski definition) is 1. The monoisotopic (exact) mass is 225 g/mol. The SMILES string of the molecule is N#CC[C@H](N)c1ccc(Br)nc1. The van der Waals surface area contributed by atoms with Crippen molar-refractivity contribution in [1.29, 1.82) is 5.26 Å². The number of pyridine rings is 1. The molecule has 0 aliphatic heterocycles. The van der Waals surface area contributed by atoms with Crippen molar-refractivity contribution < 1.29 is 0 Å². The van der Waals surface area contributed by atoms with Crippen LogP contribution in [0.1, 0.15) is 18.0 Å². The molecule has 0 amide bonds. The van der Waals surface area contributed by atoms with Crippen LogP contribution in [0.5, 0.6) is 0 Å². The zero-order valence-electron chi connectivity index (χ0n) is 6.37.